The van der Waals surface area contributed by atoms with Crippen LogP contribution in [0.15, 0.2) is 12.1 Å². The van der Waals surface area contributed by atoms with Gasteiger partial charge in [-0.25, -0.2) is 9.18 Å². The smallest absolute Gasteiger partial charge is 0.342 e. The summed E-state index contributed by atoms with van der Waals surface area (Å²) in [5.41, 5.74) is -0.387. The van der Waals surface area contributed by atoms with E-state index in [-0.39, 0.29) is 17.7 Å². The van der Waals surface area contributed by atoms with Crippen molar-refractivity contribution in [3.8, 4) is 11.8 Å². The van der Waals surface area contributed by atoms with Crippen LogP contribution in [-0.2, 0) is 4.74 Å². The Morgan fingerprint density at radius 3 is 2.87 bits per heavy atom. The first-order valence-corrected chi connectivity index (χ1v) is 4.19. The minimum Gasteiger partial charge on any atom is -0.504 e. The second kappa shape index (κ2) is 4.42. The Labute approximate surface area is 85.5 Å². The van der Waals surface area contributed by atoms with Crippen molar-refractivity contribution >= 4 is 5.97 Å². The Hall–Kier alpha value is -2.09. The number of nitrogens with zero attached hydrogens (tertiary/aromatic N) is 1. The molecule has 0 bridgehead atoms. The van der Waals surface area contributed by atoms with Crippen molar-refractivity contribution < 1.29 is 19.0 Å². The van der Waals surface area contributed by atoms with Gasteiger partial charge in [0.1, 0.15) is 5.56 Å². The first-order chi connectivity index (χ1) is 7.10. The van der Waals surface area contributed by atoms with E-state index in [0.29, 0.717) is 0 Å². The molecule has 1 rings (SSSR count). The molecule has 15 heavy (non-hydrogen) atoms. The highest BCUT2D eigenvalue weighted by atomic mass is 19.1. The zero-order chi connectivity index (χ0) is 11.4. The van der Waals surface area contributed by atoms with Crippen LogP contribution in [0, 0.1) is 17.1 Å². The van der Waals surface area contributed by atoms with Gasteiger partial charge in [0.05, 0.1) is 18.2 Å². The van der Waals surface area contributed by atoms with E-state index < -0.39 is 17.5 Å². The minimum absolute atomic E-state index is 0.0478. The molecule has 1 aromatic carbocycles. The number of benzene rings is 1. The molecule has 0 saturated carbocycles. The number of phenols is 1. The zero-order valence-electron chi connectivity index (χ0n) is 7.95. The van der Waals surface area contributed by atoms with Gasteiger partial charge in [-0.2, -0.15) is 5.26 Å². The lowest BCUT2D eigenvalue weighted by molar-refractivity contribution is 0.0522. The van der Waals surface area contributed by atoms with Gasteiger partial charge in [0.15, 0.2) is 11.6 Å². The summed E-state index contributed by atoms with van der Waals surface area (Å²) in [6.45, 7) is 1.69. The van der Waals surface area contributed by atoms with E-state index in [2.05, 4.69) is 4.74 Å². The van der Waals surface area contributed by atoms with Gasteiger partial charge in [0.25, 0.3) is 0 Å². The van der Waals surface area contributed by atoms with Gasteiger partial charge < -0.3 is 9.84 Å². The third-order valence-electron chi connectivity index (χ3n) is 1.69. The van der Waals surface area contributed by atoms with E-state index in [1.54, 1.807) is 13.0 Å². The lowest BCUT2D eigenvalue weighted by Crippen LogP contribution is -2.06. The molecule has 1 N–H and O–H groups in total. The molecule has 0 saturated heterocycles. The van der Waals surface area contributed by atoms with Gasteiger partial charge in [-0.15, -0.1) is 0 Å². The van der Waals surface area contributed by atoms with Crippen molar-refractivity contribution in [2.75, 3.05) is 6.61 Å². The number of hydrogen-bond donors (Lipinski definition) is 1. The largest absolute Gasteiger partial charge is 0.504 e. The molecule has 0 aliphatic heterocycles. The van der Waals surface area contributed by atoms with Gasteiger partial charge in [-0.05, 0) is 19.1 Å². The maximum Gasteiger partial charge on any atom is 0.342 e. The summed E-state index contributed by atoms with van der Waals surface area (Å²) in [5, 5.41) is 17.8. The van der Waals surface area contributed by atoms with Gasteiger partial charge in [-0.3, -0.25) is 0 Å². The van der Waals surface area contributed by atoms with Crippen LogP contribution in [0.3, 0.4) is 0 Å². The molecule has 0 spiro atoms. The van der Waals surface area contributed by atoms with Crippen molar-refractivity contribution in [2.45, 2.75) is 6.92 Å². The van der Waals surface area contributed by atoms with E-state index in [1.807, 2.05) is 0 Å². The van der Waals surface area contributed by atoms with E-state index in [4.69, 9.17) is 5.26 Å². The van der Waals surface area contributed by atoms with Crippen molar-refractivity contribution in [3.63, 3.8) is 0 Å². The summed E-state index contributed by atoms with van der Waals surface area (Å²) in [6.07, 6.45) is 0. The second-order valence-corrected chi connectivity index (χ2v) is 2.69. The number of nitriles is 1. The van der Waals surface area contributed by atoms with Crippen LogP contribution in [0.2, 0.25) is 0 Å². The Morgan fingerprint density at radius 2 is 2.33 bits per heavy atom. The van der Waals surface area contributed by atoms with Gasteiger partial charge in [-0.1, -0.05) is 0 Å². The van der Waals surface area contributed by atoms with Crippen molar-refractivity contribution in [3.05, 3.63) is 29.1 Å². The highest BCUT2D eigenvalue weighted by Crippen LogP contribution is 2.23. The van der Waals surface area contributed by atoms with Crippen LogP contribution < -0.4 is 0 Å². The topological polar surface area (TPSA) is 70.3 Å². The predicted molar refractivity (Wildman–Crippen MR) is 48.7 cm³/mol. The van der Waals surface area contributed by atoms with Gasteiger partial charge >= 0.3 is 5.97 Å². The fourth-order valence-corrected chi connectivity index (χ4v) is 1.03. The quantitative estimate of drug-likeness (QED) is 0.750. The van der Waals surface area contributed by atoms with Gasteiger partial charge in [0.2, 0.25) is 0 Å². The SMILES string of the molecule is CCOC(=O)c1cc(C#N)cc(F)c1O. The Kier molecular flexibility index (Phi) is 3.24. The molecule has 0 heterocycles. The van der Waals surface area contributed by atoms with Crippen LogP contribution in [0.5, 0.6) is 5.75 Å². The van der Waals surface area contributed by atoms with E-state index >= 15 is 0 Å². The molecule has 1 aromatic rings. The Bertz CT molecular complexity index is 437. The third-order valence-corrected chi connectivity index (χ3v) is 1.69. The molecule has 4 nitrogen and oxygen atoms in total. The number of halogens is 1. The molecule has 0 unspecified atom stereocenters. The number of esters is 1. The molecule has 0 radical (unpaired) electrons. The number of aromatic hydroxyl groups is 1. The summed E-state index contributed by atoms with van der Waals surface area (Å²) in [4.78, 5) is 11.2. The highest BCUT2D eigenvalue weighted by molar-refractivity contribution is 5.92. The standard InChI is InChI=1S/C10H8FNO3/c1-2-15-10(14)7-3-6(5-12)4-8(11)9(7)13/h3-4,13H,2H2,1H3. The van der Waals surface area contributed by atoms with Crippen LogP contribution in [-0.4, -0.2) is 17.7 Å². The summed E-state index contributed by atoms with van der Waals surface area (Å²) in [5.74, 6) is -2.67. The summed E-state index contributed by atoms with van der Waals surface area (Å²) >= 11 is 0. The molecule has 0 aromatic heterocycles. The fourth-order valence-electron chi connectivity index (χ4n) is 1.03. The molecule has 0 aliphatic rings. The van der Waals surface area contributed by atoms with E-state index in [9.17, 15) is 14.3 Å². The third kappa shape index (κ3) is 2.23. The number of ether oxygens (including phenoxy) is 1. The van der Waals surface area contributed by atoms with Crippen molar-refractivity contribution in [2.24, 2.45) is 0 Å². The molecular formula is C10H8FNO3. The fraction of sp³-hybridized carbons (Fsp3) is 0.200. The monoisotopic (exact) mass is 209 g/mol. The maximum absolute atomic E-state index is 13.0. The molecular weight excluding hydrogens is 201 g/mol. The van der Waals surface area contributed by atoms with Crippen LogP contribution in [0.25, 0.3) is 0 Å². The lowest BCUT2D eigenvalue weighted by atomic mass is 10.1. The van der Waals surface area contributed by atoms with E-state index in [1.165, 1.54) is 0 Å². The van der Waals surface area contributed by atoms with E-state index in [0.717, 1.165) is 12.1 Å². The van der Waals surface area contributed by atoms with Crippen LogP contribution in [0.4, 0.5) is 4.39 Å². The number of rotatable bonds is 2. The number of carbonyl (C=O) groups is 1. The average Bonchev–Trinajstić information content (AvgIpc) is 2.22. The highest BCUT2D eigenvalue weighted by Gasteiger charge is 2.17. The van der Waals surface area contributed by atoms with Gasteiger partial charge in [0, 0.05) is 0 Å². The molecule has 0 aliphatic carbocycles. The first kappa shape index (κ1) is 11.0. The lowest BCUT2D eigenvalue weighted by Gasteiger charge is -2.05. The summed E-state index contributed by atoms with van der Waals surface area (Å²) in [7, 11) is 0. The second-order valence-electron chi connectivity index (χ2n) is 2.69. The normalized spacial score (nSPS) is 9.40. The molecule has 5 heteroatoms. The number of carbonyl (C=O) groups excluding carboxylic acids is 1. The Balaban J connectivity index is 3.23. The molecule has 0 atom stereocenters. The molecule has 78 valence electrons. The van der Waals surface area contributed by atoms with Crippen molar-refractivity contribution in [1.29, 1.82) is 5.26 Å². The summed E-state index contributed by atoms with van der Waals surface area (Å²) < 4.78 is 17.6. The molecule has 0 amide bonds. The molecule has 0 fully saturated rings. The summed E-state index contributed by atoms with van der Waals surface area (Å²) in [6, 6.07) is 3.60. The Morgan fingerprint density at radius 1 is 1.67 bits per heavy atom. The zero-order valence-corrected chi connectivity index (χ0v) is 7.95. The maximum atomic E-state index is 13.0. The first-order valence-electron chi connectivity index (χ1n) is 4.19. The van der Waals surface area contributed by atoms with Crippen molar-refractivity contribution in [1.82, 2.24) is 0 Å². The number of phenolic OH excluding ortho intramolecular Hbond substituents is 1. The predicted octanol–water partition coefficient (Wildman–Crippen LogP) is 1.58. The minimum atomic E-state index is -1.02. The van der Waals surface area contributed by atoms with Crippen LogP contribution >= 0.6 is 0 Å². The average molecular weight is 209 g/mol. The number of hydrogen-bond acceptors (Lipinski definition) is 4. The van der Waals surface area contributed by atoms with Crippen LogP contribution in [0.1, 0.15) is 22.8 Å².